The largest absolute Gasteiger partial charge is 0.476 e. The van der Waals surface area contributed by atoms with Crippen molar-refractivity contribution < 1.29 is 19.4 Å². The van der Waals surface area contributed by atoms with Gasteiger partial charge >= 0.3 is 5.97 Å². The maximum Gasteiger partial charge on any atom is 0.355 e. The minimum absolute atomic E-state index is 0.107. The molecule has 0 spiro atoms. The topological polar surface area (TPSA) is 79.7 Å². The third-order valence-electron chi connectivity index (χ3n) is 7.16. The highest BCUT2D eigenvalue weighted by Crippen LogP contribution is 2.39. The molecule has 0 saturated heterocycles. The van der Waals surface area contributed by atoms with Gasteiger partial charge in [-0.3, -0.25) is 0 Å². The summed E-state index contributed by atoms with van der Waals surface area (Å²) in [5, 5.41) is 21.4. The van der Waals surface area contributed by atoms with E-state index in [9.17, 15) is 9.90 Å². The number of carbonyl (C=O) groups is 1. The summed E-state index contributed by atoms with van der Waals surface area (Å²) < 4.78 is 7.52. The smallest absolute Gasteiger partial charge is 0.355 e. The first-order valence-electron chi connectivity index (χ1n) is 12.3. The number of carboxylic acid groups (broad SMARTS) is 1. The number of nitrogens with zero attached hydrogens (tertiary/aromatic N) is 1. The monoisotopic (exact) mass is 525 g/mol. The van der Waals surface area contributed by atoms with Crippen LogP contribution in [0.25, 0.3) is 0 Å². The molecule has 0 bridgehead atoms. The number of rotatable bonds is 13. The van der Waals surface area contributed by atoms with Crippen LogP contribution in [0.2, 0.25) is 18.1 Å². The van der Waals surface area contributed by atoms with Crippen molar-refractivity contribution in [1.82, 2.24) is 4.98 Å². The average Bonchev–Trinajstić information content (AvgIpc) is 3.33. The SMILES string of the molecule is C=C(C)CCC(C/C=C/[C@@H]1CC[C@H](O)[C@@H]1CCSc1nc(C(=O)O)cs1)O[Si](C)(C)C(C)(C)C. The van der Waals surface area contributed by atoms with Crippen LogP contribution in [-0.2, 0) is 4.43 Å². The second kappa shape index (κ2) is 12.9. The van der Waals surface area contributed by atoms with Crippen LogP contribution in [0, 0.1) is 11.8 Å². The highest BCUT2D eigenvalue weighted by molar-refractivity contribution is 8.01. The highest BCUT2D eigenvalue weighted by atomic mass is 32.2. The highest BCUT2D eigenvalue weighted by Gasteiger charge is 2.39. The maximum absolute atomic E-state index is 11.0. The van der Waals surface area contributed by atoms with E-state index in [1.807, 2.05) is 0 Å². The Bertz CT molecular complexity index is 846. The molecule has 0 aliphatic heterocycles. The van der Waals surface area contributed by atoms with E-state index in [-0.39, 0.29) is 28.9 Å². The van der Waals surface area contributed by atoms with Crippen LogP contribution < -0.4 is 0 Å². The summed E-state index contributed by atoms with van der Waals surface area (Å²) in [6.07, 6.45) is 10.1. The molecule has 2 rings (SSSR count). The van der Waals surface area contributed by atoms with E-state index in [0.29, 0.717) is 5.92 Å². The molecule has 1 heterocycles. The van der Waals surface area contributed by atoms with E-state index < -0.39 is 14.3 Å². The minimum Gasteiger partial charge on any atom is -0.476 e. The van der Waals surface area contributed by atoms with Crippen molar-refractivity contribution in [3.8, 4) is 0 Å². The Hall–Kier alpha value is -0.933. The fourth-order valence-corrected chi connectivity index (χ4v) is 7.37. The van der Waals surface area contributed by atoms with Gasteiger partial charge in [0.2, 0.25) is 0 Å². The lowest BCUT2D eigenvalue weighted by Crippen LogP contribution is -2.43. The van der Waals surface area contributed by atoms with Crippen molar-refractivity contribution >= 4 is 37.4 Å². The van der Waals surface area contributed by atoms with E-state index in [0.717, 1.165) is 48.6 Å². The van der Waals surface area contributed by atoms with Gasteiger partial charge < -0.3 is 14.6 Å². The van der Waals surface area contributed by atoms with Crippen LogP contribution in [0.3, 0.4) is 0 Å². The molecule has 2 N–H and O–H groups in total. The van der Waals surface area contributed by atoms with Crippen LogP contribution in [0.1, 0.15) is 76.7 Å². The number of aliphatic hydroxyl groups is 1. The van der Waals surface area contributed by atoms with Gasteiger partial charge in [0.05, 0.1) is 6.10 Å². The summed E-state index contributed by atoms with van der Waals surface area (Å²) >= 11 is 2.95. The molecule has 8 heteroatoms. The third kappa shape index (κ3) is 8.93. The van der Waals surface area contributed by atoms with Crippen molar-refractivity contribution in [2.75, 3.05) is 5.75 Å². The minimum atomic E-state index is -1.85. The van der Waals surface area contributed by atoms with Crippen LogP contribution in [0.5, 0.6) is 0 Å². The molecule has 1 unspecified atom stereocenters. The molecule has 4 atom stereocenters. The molecule has 0 radical (unpaired) electrons. The molecule has 1 aromatic rings. The van der Waals surface area contributed by atoms with Crippen molar-refractivity contribution in [3.05, 3.63) is 35.4 Å². The Morgan fingerprint density at radius 1 is 1.41 bits per heavy atom. The number of hydrogen-bond acceptors (Lipinski definition) is 6. The summed E-state index contributed by atoms with van der Waals surface area (Å²) in [7, 11) is -1.85. The number of thiazole rings is 1. The molecule has 192 valence electrons. The van der Waals surface area contributed by atoms with Crippen LogP contribution in [-0.4, -0.2) is 47.4 Å². The zero-order valence-corrected chi connectivity index (χ0v) is 24.3. The summed E-state index contributed by atoms with van der Waals surface area (Å²) in [5.74, 6) is 0.446. The van der Waals surface area contributed by atoms with E-state index in [4.69, 9.17) is 9.53 Å². The predicted molar refractivity (Wildman–Crippen MR) is 147 cm³/mol. The molecular weight excluding hydrogens is 483 g/mol. The summed E-state index contributed by atoms with van der Waals surface area (Å²) in [6, 6.07) is 0. The molecule has 0 aromatic carbocycles. The van der Waals surface area contributed by atoms with E-state index in [1.165, 1.54) is 16.9 Å². The molecule has 1 saturated carbocycles. The zero-order valence-electron chi connectivity index (χ0n) is 21.7. The van der Waals surface area contributed by atoms with E-state index >= 15 is 0 Å². The zero-order chi connectivity index (χ0) is 25.5. The van der Waals surface area contributed by atoms with Gasteiger partial charge in [0.15, 0.2) is 18.4 Å². The van der Waals surface area contributed by atoms with Gasteiger partial charge in [0, 0.05) is 17.2 Å². The van der Waals surface area contributed by atoms with Crippen molar-refractivity contribution in [3.63, 3.8) is 0 Å². The number of aromatic nitrogens is 1. The number of carboxylic acids is 1. The lowest BCUT2D eigenvalue weighted by molar-refractivity contribution is 0.0690. The lowest BCUT2D eigenvalue weighted by Gasteiger charge is -2.39. The first-order chi connectivity index (χ1) is 15.8. The Morgan fingerprint density at radius 2 is 2.12 bits per heavy atom. The van der Waals surface area contributed by atoms with E-state index in [1.54, 1.807) is 17.1 Å². The maximum atomic E-state index is 11.0. The van der Waals surface area contributed by atoms with Gasteiger partial charge in [-0.1, -0.05) is 50.3 Å². The van der Waals surface area contributed by atoms with E-state index in [2.05, 4.69) is 64.5 Å². The standard InChI is InChI=1S/C26H43NO4S2Si/c1-18(2)11-13-20(31-34(6,7)26(3,4)5)10-8-9-19-12-14-23(28)21(19)15-16-32-25-27-22(17-33-25)24(29)30/h8-9,17,19-21,23,28H,1,10-16H2,2-7H3,(H,29,30)/b9-8+/t19-,20?,21-,23+/m1/s1. The number of aliphatic hydroxyl groups excluding tert-OH is 1. The molecule has 1 aliphatic rings. The number of aromatic carboxylic acids is 1. The molecule has 0 amide bonds. The lowest BCUT2D eigenvalue weighted by atomic mass is 9.91. The van der Waals surface area contributed by atoms with Crippen molar-refractivity contribution in [2.45, 2.75) is 101 Å². The van der Waals surface area contributed by atoms with Crippen molar-refractivity contribution in [1.29, 1.82) is 0 Å². The summed E-state index contributed by atoms with van der Waals surface area (Å²) in [5.41, 5.74) is 1.30. The Morgan fingerprint density at radius 3 is 2.71 bits per heavy atom. The Labute approximate surface area is 215 Å². The summed E-state index contributed by atoms with van der Waals surface area (Å²) in [4.78, 5) is 15.2. The normalized spacial score (nSPS) is 22.4. The van der Waals surface area contributed by atoms with Gasteiger partial charge in [-0.2, -0.15) is 0 Å². The van der Waals surface area contributed by atoms with Gasteiger partial charge in [-0.25, -0.2) is 9.78 Å². The van der Waals surface area contributed by atoms with Crippen LogP contribution in [0.15, 0.2) is 34.0 Å². The second-order valence-corrected chi connectivity index (χ2v) is 18.0. The Kier molecular flexibility index (Phi) is 11.1. The number of allylic oxidation sites excluding steroid dienone is 2. The second-order valence-electron chi connectivity index (χ2n) is 11.1. The van der Waals surface area contributed by atoms with Crippen molar-refractivity contribution in [2.24, 2.45) is 11.8 Å². The number of hydrogen-bond donors (Lipinski definition) is 2. The number of thioether (sulfide) groups is 1. The molecule has 5 nitrogen and oxygen atoms in total. The summed E-state index contributed by atoms with van der Waals surface area (Å²) in [6.45, 7) is 17.6. The first-order valence-corrected chi connectivity index (χ1v) is 17.1. The molecule has 34 heavy (non-hydrogen) atoms. The molecular formula is C26H43NO4S2Si. The van der Waals surface area contributed by atoms with Gasteiger partial charge in [-0.15, -0.1) is 17.9 Å². The fraction of sp³-hybridized carbons (Fsp3) is 0.692. The first kappa shape index (κ1) is 29.3. The van der Waals surface area contributed by atoms with Gasteiger partial charge in [0.1, 0.15) is 0 Å². The molecule has 1 aliphatic carbocycles. The van der Waals surface area contributed by atoms with Gasteiger partial charge in [-0.05, 0) is 75.4 Å². The molecule has 1 fully saturated rings. The third-order valence-corrected chi connectivity index (χ3v) is 13.8. The van der Waals surface area contributed by atoms with Crippen LogP contribution >= 0.6 is 23.1 Å². The fourth-order valence-electron chi connectivity index (χ4n) is 4.06. The van der Waals surface area contributed by atoms with Crippen LogP contribution in [0.4, 0.5) is 0 Å². The molecule has 1 aromatic heterocycles. The quantitative estimate of drug-likeness (QED) is 0.159. The predicted octanol–water partition coefficient (Wildman–Crippen LogP) is 7.40. The van der Waals surface area contributed by atoms with Gasteiger partial charge in [0.25, 0.3) is 0 Å². The average molecular weight is 526 g/mol. The Balaban J connectivity index is 1.93.